The molecule has 3 fully saturated rings. The summed E-state index contributed by atoms with van der Waals surface area (Å²) in [4.78, 5) is 27.9. The highest BCUT2D eigenvalue weighted by atomic mass is 19.4. The summed E-state index contributed by atoms with van der Waals surface area (Å²) in [5.74, 6) is -3.72. The van der Waals surface area contributed by atoms with Crippen molar-refractivity contribution in [2.45, 2.75) is 36.7 Å². The Bertz CT molecular complexity index is 1040. The number of rotatable bonds is 7. The van der Waals surface area contributed by atoms with E-state index in [1.807, 2.05) is 0 Å². The summed E-state index contributed by atoms with van der Waals surface area (Å²) in [5, 5.41) is 5.61. The number of pyridine rings is 1. The number of nitrogens with zero attached hydrogens (tertiary/aromatic N) is 1. The lowest BCUT2D eigenvalue weighted by Gasteiger charge is -2.70. The number of hydrogen-bond acceptors (Lipinski definition) is 5. The van der Waals surface area contributed by atoms with Crippen LogP contribution in [0.1, 0.15) is 29.6 Å². The zero-order chi connectivity index (χ0) is 23.1. The number of carbonyl (C=O) groups is 2. The average molecular weight is 457 g/mol. The van der Waals surface area contributed by atoms with Crippen molar-refractivity contribution in [2.24, 2.45) is 0 Å². The van der Waals surface area contributed by atoms with Crippen LogP contribution in [-0.2, 0) is 4.79 Å². The van der Waals surface area contributed by atoms with Gasteiger partial charge in [0.1, 0.15) is 5.75 Å². The minimum atomic E-state index is -4.87. The van der Waals surface area contributed by atoms with Crippen LogP contribution in [-0.4, -0.2) is 40.8 Å². The molecule has 0 unspecified atom stereocenters. The molecule has 0 spiro atoms. The summed E-state index contributed by atoms with van der Waals surface area (Å²) in [5.41, 5.74) is -0.918. The number of alkyl halides is 3. The molecule has 0 radical (unpaired) electrons. The van der Waals surface area contributed by atoms with Crippen LogP contribution >= 0.6 is 0 Å². The molecule has 12 heteroatoms. The lowest BCUT2D eigenvalue weighted by atomic mass is 9.44. The minimum Gasteiger partial charge on any atom is -0.484 e. The number of aromatic nitrogens is 1. The molecule has 3 aliphatic carbocycles. The molecule has 2 aromatic rings. The first-order valence-electron chi connectivity index (χ1n) is 9.40. The zero-order valence-electron chi connectivity index (χ0n) is 16.3. The van der Waals surface area contributed by atoms with E-state index in [0.717, 1.165) is 24.4 Å². The van der Waals surface area contributed by atoms with Crippen molar-refractivity contribution in [1.29, 1.82) is 0 Å². The van der Waals surface area contributed by atoms with Gasteiger partial charge in [-0.25, -0.2) is 13.8 Å². The van der Waals surface area contributed by atoms with E-state index in [4.69, 9.17) is 4.74 Å². The molecule has 170 valence electrons. The van der Waals surface area contributed by atoms with Crippen LogP contribution in [0, 0.1) is 11.6 Å². The monoisotopic (exact) mass is 457 g/mol. The fourth-order valence-corrected chi connectivity index (χ4v) is 4.11. The standard InChI is InChI=1S/C20H16F5N3O4/c21-13-3-2-12(5-14(13)22)31-7-15(29)27-18-8-19(9-18,10-18)28-17(30)11-1-4-16(26-6-11)32-20(23,24)25/h1-6H,7-10H2,(H,27,29)(H,28,30). The van der Waals surface area contributed by atoms with Crippen molar-refractivity contribution in [1.82, 2.24) is 15.6 Å². The maximum atomic E-state index is 13.2. The number of ether oxygens (including phenoxy) is 2. The molecule has 2 bridgehead atoms. The number of nitrogens with one attached hydrogen (secondary N) is 2. The van der Waals surface area contributed by atoms with E-state index < -0.39 is 46.8 Å². The molecule has 3 aliphatic rings. The predicted molar refractivity (Wildman–Crippen MR) is 97.7 cm³/mol. The Morgan fingerprint density at radius 3 is 2.28 bits per heavy atom. The highest BCUT2D eigenvalue weighted by Crippen LogP contribution is 2.60. The van der Waals surface area contributed by atoms with Crippen molar-refractivity contribution in [3.05, 3.63) is 53.7 Å². The highest BCUT2D eigenvalue weighted by molar-refractivity contribution is 5.95. The number of amides is 2. The molecule has 2 amide bonds. The predicted octanol–water partition coefficient (Wildman–Crippen LogP) is 2.86. The lowest BCUT2D eigenvalue weighted by Crippen LogP contribution is -2.84. The van der Waals surface area contributed by atoms with Crippen LogP contribution in [0.2, 0.25) is 0 Å². The van der Waals surface area contributed by atoms with Gasteiger partial charge in [-0.1, -0.05) is 0 Å². The number of halogens is 5. The van der Waals surface area contributed by atoms with Gasteiger partial charge >= 0.3 is 6.36 Å². The fourth-order valence-electron chi connectivity index (χ4n) is 4.11. The molecule has 1 aromatic heterocycles. The Labute approximate surface area is 177 Å². The second-order valence-electron chi connectivity index (χ2n) is 7.89. The van der Waals surface area contributed by atoms with Crippen molar-refractivity contribution >= 4 is 11.8 Å². The maximum Gasteiger partial charge on any atom is 0.574 e. The highest BCUT2D eigenvalue weighted by Gasteiger charge is 2.69. The molecule has 7 nitrogen and oxygen atoms in total. The Morgan fingerprint density at radius 1 is 1.00 bits per heavy atom. The average Bonchev–Trinajstić information content (AvgIpc) is 2.65. The Morgan fingerprint density at radius 2 is 1.69 bits per heavy atom. The summed E-state index contributed by atoms with van der Waals surface area (Å²) in [6, 6.07) is 5.04. The zero-order valence-corrected chi connectivity index (χ0v) is 16.3. The molecule has 1 heterocycles. The third-order valence-electron chi connectivity index (χ3n) is 5.29. The molecule has 0 atom stereocenters. The molecule has 2 N–H and O–H groups in total. The van der Waals surface area contributed by atoms with E-state index in [9.17, 15) is 31.5 Å². The number of hydrogen-bond donors (Lipinski definition) is 2. The first kappa shape index (κ1) is 21.8. The van der Waals surface area contributed by atoms with Gasteiger partial charge in [-0.3, -0.25) is 9.59 Å². The molecular formula is C20H16F5N3O4. The first-order valence-corrected chi connectivity index (χ1v) is 9.40. The third kappa shape index (κ3) is 4.58. The van der Waals surface area contributed by atoms with Gasteiger partial charge in [0.2, 0.25) is 5.88 Å². The summed E-state index contributed by atoms with van der Waals surface area (Å²) >= 11 is 0. The van der Waals surface area contributed by atoms with Crippen molar-refractivity contribution < 1.29 is 41.0 Å². The SMILES string of the molecule is O=C(COc1ccc(F)c(F)c1)NC12CC(NC(=O)c3ccc(OC(F)(F)F)nc3)(C1)C2. The summed E-state index contributed by atoms with van der Waals surface area (Å²) in [6.45, 7) is -0.385. The normalized spacial score (nSPS) is 23.4. The van der Waals surface area contributed by atoms with Crippen LogP contribution < -0.4 is 20.1 Å². The molecule has 1 aromatic carbocycles. The second kappa shape index (κ2) is 7.61. The van der Waals surface area contributed by atoms with Gasteiger partial charge in [0.25, 0.3) is 11.8 Å². The van der Waals surface area contributed by atoms with Crippen LogP contribution in [0.25, 0.3) is 0 Å². The van der Waals surface area contributed by atoms with Crippen molar-refractivity contribution in [3.63, 3.8) is 0 Å². The quantitative estimate of drug-likeness (QED) is 0.625. The molecule has 5 rings (SSSR count). The van der Waals surface area contributed by atoms with E-state index in [2.05, 4.69) is 20.4 Å². The van der Waals surface area contributed by atoms with Gasteiger partial charge in [0.15, 0.2) is 18.2 Å². The minimum absolute atomic E-state index is 0.0145. The van der Waals surface area contributed by atoms with Gasteiger partial charge in [0, 0.05) is 29.4 Å². The third-order valence-corrected chi connectivity index (χ3v) is 5.29. The van der Waals surface area contributed by atoms with E-state index in [0.29, 0.717) is 19.3 Å². The van der Waals surface area contributed by atoms with E-state index in [1.165, 1.54) is 12.1 Å². The Kier molecular flexibility index (Phi) is 5.18. The van der Waals surface area contributed by atoms with Crippen molar-refractivity contribution in [3.8, 4) is 11.6 Å². The van der Waals surface area contributed by atoms with Crippen LogP contribution in [0.4, 0.5) is 22.0 Å². The van der Waals surface area contributed by atoms with Gasteiger partial charge < -0.3 is 20.1 Å². The molecule has 3 saturated carbocycles. The second-order valence-corrected chi connectivity index (χ2v) is 7.89. The lowest BCUT2D eigenvalue weighted by molar-refractivity contribution is -0.276. The first-order chi connectivity index (χ1) is 15.0. The Balaban J connectivity index is 1.22. The Hall–Kier alpha value is -3.44. The molecule has 0 saturated heterocycles. The van der Waals surface area contributed by atoms with E-state index >= 15 is 0 Å². The van der Waals surface area contributed by atoms with Gasteiger partial charge in [-0.15, -0.1) is 13.2 Å². The molecule has 0 aliphatic heterocycles. The molecule has 32 heavy (non-hydrogen) atoms. The van der Waals surface area contributed by atoms with Gasteiger partial charge in [-0.05, 0) is 37.5 Å². The van der Waals surface area contributed by atoms with Gasteiger partial charge in [0.05, 0.1) is 5.56 Å². The molecular weight excluding hydrogens is 441 g/mol. The van der Waals surface area contributed by atoms with Crippen LogP contribution in [0.15, 0.2) is 36.5 Å². The summed E-state index contributed by atoms with van der Waals surface area (Å²) in [7, 11) is 0. The van der Waals surface area contributed by atoms with Crippen molar-refractivity contribution in [2.75, 3.05) is 6.61 Å². The van der Waals surface area contributed by atoms with Gasteiger partial charge in [-0.2, -0.15) is 0 Å². The fraction of sp³-hybridized carbons (Fsp3) is 0.350. The van der Waals surface area contributed by atoms with Crippen LogP contribution in [0.3, 0.4) is 0 Å². The van der Waals surface area contributed by atoms with Crippen LogP contribution in [0.5, 0.6) is 11.6 Å². The van der Waals surface area contributed by atoms with E-state index in [-0.39, 0.29) is 17.9 Å². The summed E-state index contributed by atoms with van der Waals surface area (Å²) < 4.78 is 71.4. The topological polar surface area (TPSA) is 89.6 Å². The van der Waals surface area contributed by atoms with E-state index in [1.54, 1.807) is 0 Å². The largest absolute Gasteiger partial charge is 0.574 e. The smallest absolute Gasteiger partial charge is 0.484 e. The maximum absolute atomic E-state index is 13.2. The number of carbonyl (C=O) groups excluding carboxylic acids is 2. The summed E-state index contributed by atoms with van der Waals surface area (Å²) in [6.07, 6.45) is -2.46. The number of benzene rings is 1.